The van der Waals surface area contributed by atoms with E-state index in [0.717, 1.165) is 18.0 Å². The highest BCUT2D eigenvalue weighted by Gasteiger charge is 2.19. The topological polar surface area (TPSA) is 105 Å². The lowest BCUT2D eigenvalue weighted by Gasteiger charge is -2.13. The number of pyridine rings is 1. The lowest BCUT2D eigenvalue weighted by molar-refractivity contribution is -0.384. The number of nitro groups is 1. The first-order valence-electron chi connectivity index (χ1n) is 5.09. The number of hydrogen-bond donors (Lipinski definition) is 2. The normalized spacial score (nSPS) is 11.9. The van der Waals surface area contributed by atoms with Crippen LogP contribution in [0.1, 0.15) is 17.3 Å². The molecule has 18 heavy (non-hydrogen) atoms. The number of thioether (sulfide) groups is 1. The molecule has 1 aromatic heterocycles. The minimum absolute atomic E-state index is 0.00174. The first-order valence-corrected chi connectivity index (χ1v) is 6.48. The molecule has 0 radical (unpaired) electrons. The van der Waals surface area contributed by atoms with Gasteiger partial charge in [-0.15, -0.1) is 0 Å². The molecule has 0 aromatic carbocycles. The van der Waals surface area contributed by atoms with E-state index in [1.165, 1.54) is 0 Å². The molecule has 0 saturated heterocycles. The Morgan fingerprint density at radius 1 is 1.72 bits per heavy atom. The van der Waals surface area contributed by atoms with Gasteiger partial charge in [0.25, 0.3) is 0 Å². The fourth-order valence-corrected chi connectivity index (χ4v) is 1.93. The Morgan fingerprint density at radius 2 is 2.39 bits per heavy atom. The summed E-state index contributed by atoms with van der Waals surface area (Å²) in [6.07, 6.45) is 3.02. The molecule has 1 atom stereocenters. The van der Waals surface area contributed by atoms with E-state index in [0.29, 0.717) is 0 Å². The zero-order valence-corrected chi connectivity index (χ0v) is 10.7. The van der Waals surface area contributed by atoms with E-state index in [-0.39, 0.29) is 23.1 Å². The van der Waals surface area contributed by atoms with Gasteiger partial charge in [-0.05, 0) is 13.2 Å². The van der Waals surface area contributed by atoms with E-state index in [1.54, 1.807) is 11.8 Å². The third-order valence-electron chi connectivity index (χ3n) is 2.11. The van der Waals surface area contributed by atoms with Crippen LogP contribution in [0, 0.1) is 10.1 Å². The van der Waals surface area contributed by atoms with E-state index < -0.39 is 10.9 Å². The zero-order valence-electron chi connectivity index (χ0n) is 9.91. The Labute approximate surface area is 108 Å². The molecule has 7 nitrogen and oxygen atoms in total. The first kappa shape index (κ1) is 14.2. The summed E-state index contributed by atoms with van der Waals surface area (Å²) in [7, 11) is 0. The van der Waals surface area contributed by atoms with Crippen molar-refractivity contribution in [2.75, 3.05) is 17.3 Å². The second-order valence-electron chi connectivity index (χ2n) is 3.65. The van der Waals surface area contributed by atoms with Crippen molar-refractivity contribution in [3.63, 3.8) is 0 Å². The molecule has 1 aromatic rings. The lowest BCUT2D eigenvalue weighted by Crippen LogP contribution is -2.19. The summed E-state index contributed by atoms with van der Waals surface area (Å²) >= 11 is 1.60. The molecule has 1 rings (SSSR count). The third-order valence-corrected chi connectivity index (χ3v) is 2.94. The van der Waals surface area contributed by atoms with Crippen LogP contribution >= 0.6 is 11.8 Å². The van der Waals surface area contributed by atoms with Gasteiger partial charge < -0.3 is 10.4 Å². The standard InChI is InChI=1S/C10H13N3O4S/c1-6(5-18-2)12-9-8(13(16)17)3-7(4-11-9)10(14)15/h3-4,6H,5H2,1-2H3,(H,11,12)(H,14,15). The predicted octanol–water partition coefficient (Wildman–Crippen LogP) is 1.85. The van der Waals surface area contributed by atoms with Crippen LogP contribution in [0.3, 0.4) is 0 Å². The maximum absolute atomic E-state index is 10.9. The number of rotatable bonds is 6. The van der Waals surface area contributed by atoms with Crippen molar-refractivity contribution < 1.29 is 14.8 Å². The molecular weight excluding hydrogens is 258 g/mol. The fourth-order valence-electron chi connectivity index (χ4n) is 1.35. The predicted molar refractivity (Wildman–Crippen MR) is 69.3 cm³/mol. The number of nitrogens with one attached hydrogen (secondary N) is 1. The van der Waals surface area contributed by atoms with Crippen LogP contribution in [0.4, 0.5) is 11.5 Å². The van der Waals surface area contributed by atoms with Crippen LogP contribution in [-0.2, 0) is 0 Å². The number of hydrogen-bond acceptors (Lipinski definition) is 6. The maximum atomic E-state index is 10.9. The summed E-state index contributed by atoms with van der Waals surface area (Å²) in [5.41, 5.74) is -0.535. The zero-order chi connectivity index (χ0) is 13.7. The molecule has 0 aliphatic rings. The second-order valence-corrected chi connectivity index (χ2v) is 4.57. The van der Waals surface area contributed by atoms with Crippen LogP contribution < -0.4 is 5.32 Å². The highest BCUT2D eigenvalue weighted by molar-refractivity contribution is 7.98. The molecule has 0 saturated carbocycles. The minimum atomic E-state index is -1.24. The molecule has 0 amide bonds. The van der Waals surface area contributed by atoms with Crippen LogP contribution in [-0.4, -0.2) is 39.0 Å². The van der Waals surface area contributed by atoms with Gasteiger partial charge in [0.15, 0.2) is 0 Å². The summed E-state index contributed by atoms with van der Waals surface area (Å²) in [6.45, 7) is 1.87. The van der Waals surface area contributed by atoms with Gasteiger partial charge in [0.05, 0.1) is 10.5 Å². The summed E-state index contributed by atoms with van der Waals surface area (Å²) in [5, 5.41) is 22.5. The molecule has 1 heterocycles. The largest absolute Gasteiger partial charge is 0.478 e. The molecular formula is C10H13N3O4S. The lowest BCUT2D eigenvalue weighted by atomic mass is 10.2. The molecule has 0 aliphatic heterocycles. The van der Waals surface area contributed by atoms with E-state index in [1.807, 2.05) is 13.2 Å². The Balaban J connectivity index is 3.04. The third kappa shape index (κ3) is 3.59. The number of carbonyl (C=O) groups is 1. The van der Waals surface area contributed by atoms with Crippen molar-refractivity contribution in [2.45, 2.75) is 13.0 Å². The first-order chi connectivity index (χ1) is 8.45. The van der Waals surface area contributed by atoms with Crippen molar-refractivity contribution in [2.24, 2.45) is 0 Å². The summed E-state index contributed by atoms with van der Waals surface area (Å²) < 4.78 is 0. The van der Waals surface area contributed by atoms with Crippen LogP contribution in [0.25, 0.3) is 0 Å². The van der Waals surface area contributed by atoms with Crippen LogP contribution in [0.15, 0.2) is 12.3 Å². The van der Waals surface area contributed by atoms with E-state index in [4.69, 9.17) is 5.11 Å². The number of nitrogens with zero attached hydrogens (tertiary/aromatic N) is 2. The van der Waals surface area contributed by atoms with E-state index in [9.17, 15) is 14.9 Å². The van der Waals surface area contributed by atoms with Gasteiger partial charge >= 0.3 is 11.7 Å². The molecule has 1 unspecified atom stereocenters. The average molecular weight is 271 g/mol. The van der Waals surface area contributed by atoms with Crippen molar-refractivity contribution >= 4 is 29.2 Å². The molecule has 0 bridgehead atoms. The number of aromatic nitrogens is 1. The molecule has 0 fully saturated rings. The number of aromatic carboxylic acids is 1. The highest BCUT2D eigenvalue weighted by atomic mass is 32.2. The second kappa shape index (κ2) is 6.20. The quantitative estimate of drug-likeness (QED) is 0.600. The molecule has 0 aliphatic carbocycles. The van der Waals surface area contributed by atoms with E-state index in [2.05, 4.69) is 10.3 Å². The molecule has 0 spiro atoms. The Morgan fingerprint density at radius 3 is 2.89 bits per heavy atom. The smallest absolute Gasteiger partial charge is 0.337 e. The summed E-state index contributed by atoms with van der Waals surface area (Å²) in [4.78, 5) is 24.7. The SMILES string of the molecule is CSCC(C)Nc1ncc(C(=O)O)cc1[N+](=O)[O-]. The van der Waals surface area contributed by atoms with Crippen LogP contribution in [0.5, 0.6) is 0 Å². The monoisotopic (exact) mass is 271 g/mol. The van der Waals surface area contributed by atoms with Gasteiger partial charge in [0.2, 0.25) is 5.82 Å². The maximum Gasteiger partial charge on any atom is 0.337 e. The van der Waals surface area contributed by atoms with Crippen molar-refractivity contribution in [1.82, 2.24) is 4.98 Å². The summed E-state index contributed by atoms with van der Waals surface area (Å²) in [6, 6.07) is 1.01. The van der Waals surface area contributed by atoms with E-state index >= 15 is 0 Å². The van der Waals surface area contributed by atoms with Gasteiger partial charge in [-0.25, -0.2) is 9.78 Å². The Bertz CT molecular complexity index is 466. The Kier molecular flexibility index (Phi) is 4.90. The molecule has 2 N–H and O–H groups in total. The molecule has 8 heteroatoms. The van der Waals surface area contributed by atoms with Crippen LogP contribution in [0.2, 0.25) is 0 Å². The fraction of sp³-hybridized carbons (Fsp3) is 0.400. The van der Waals surface area contributed by atoms with Crippen molar-refractivity contribution in [3.8, 4) is 0 Å². The summed E-state index contributed by atoms with van der Waals surface area (Å²) in [5.74, 6) is -0.389. The van der Waals surface area contributed by atoms with Gasteiger partial charge in [0, 0.05) is 24.1 Å². The van der Waals surface area contributed by atoms with Gasteiger partial charge in [-0.2, -0.15) is 11.8 Å². The van der Waals surface area contributed by atoms with Gasteiger partial charge in [-0.1, -0.05) is 0 Å². The molecule has 98 valence electrons. The minimum Gasteiger partial charge on any atom is -0.478 e. The highest BCUT2D eigenvalue weighted by Crippen LogP contribution is 2.23. The number of anilines is 1. The van der Waals surface area contributed by atoms with Gasteiger partial charge in [-0.3, -0.25) is 10.1 Å². The Hall–Kier alpha value is -1.83. The van der Waals surface area contributed by atoms with Crippen molar-refractivity contribution in [3.05, 3.63) is 27.9 Å². The average Bonchev–Trinajstić information content (AvgIpc) is 2.29. The van der Waals surface area contributed by atoms with Crippen molar-refractivity contribution in [1.29, 1.82) is 0 Å². The van der Waals surface area contributed by atoms with Gasteiger partial charge in [0.1, 0.15) is 0 Å². The number of carboxylic acid groups (broad SMARTS) is 1. The number of carboxylic acids is 1.